The van der Waals surface area contributed by atoms with Crippen molar-refractivity contribution in [1.29, 1.82) is 0 Å². The summed E-state index contributed by atoms with van der Waals surface area (Å²) < 4.78 is 12.8. The Labute approximate surface area is 58.0 Å². The van der Waals surface area contributed by atoms with E-state index >= 15 is 0 Å². The molecule has 0 aliphatic heterocycles. The van der Waals surface area contributed by atoms with Crippen molar-refractivity contribution in [3.63, 3.8) is 0 Å². The molecule has 0 aliphatic carbocycles. The highest BCUT2D eigenvalue weighted by atomic mass is 16.8. The largest absolute Gasteiger partial charge is 0.512 e. The van der Waals surface area contributed by atoms with Gasteiger partial charge in [-0.05, 0) is 0 Å². The lowest BCUT2D eigenvalue weighted by Crippen LogP contribution is -2.36. The van der Waals surface area contributed by atoms with Crippen LogP contribution in [0.1, 0.15) is 0 Å². The normalized spacial score (nSPS) is 9.60. The van der Waals surface area contributed by atoms with Crippen LogP contribution in [0.25, 0.3) is 0 Å². The van der Waals surface area contributed by atoms with Gasteiger partial charge in [0.15, 0.2) is 6.79 Å². The minimum absolute atomic E-state index is 0.175. The molecule has 6 nitrogen and oxygen atoms in total. The molecular weight excluding hydrogens is 140 g/mol. The fourth-order valence-corrected chi connectivity index (χ4v) is 0.252. The topological polar surface area (TPSA) is 96.8 Å². The number of ether oxygens (including phenoxy) is 3. The summed E-state index contributed by atoms with van der Waals surface area (Å²) in [6.45, 7) is -0.175. The lowest BCUT2D eigenvalue weighted by atomic mass is 11.0. The van der Waals surface area contributed by atoms with Crippen molar-refractivity contribution in [1.82, 2.24) is 0 Å². The zero-order valence-electron chi connectivity index (χ0n) is 5.57. The van der Waals surface area contributed by atoms with Crippen molar-refractivity contribution in [3.8, 4) is 0 Å². The van der Waals surface area contributed by atoms with E-state index < -0.39 is 12.5 Å². The molecule has 0 aromatic rings. The Bertz CT molecular complexity index is 105. The first-order valence-corrected chi connectivity index (χ1v) is 2.50. The van der Waals surface area contributed by atoms with Crippen LogP contribution < -0.4 is 11.5 Å². The average molecular weight is 150 g/mol. The number of methoxy groups -OCH3 is 1. The quantitative estimate of drug-likeness (QED) is 0.393. The van der Waals surface area contributed by atoms with Gasteiger partial charge in [0, 0.05) is 7.11 Å². The van der Waals surface area contributed by atoms with E-state index in [1.165, 1.54) is 7.11 Å². The predicted molar refractivity (Wildman–Crippen MR) is 31.6 cm³/mol. The molecule has 10 heavy (non-hydrogen) atoms. The third-order valence-electron chi connectivity index (χ3n) is 0.527. The third kappa shape index (κ3) is 5.29. The van der Waals surface area contributed by atoms with E-state index in [1.54, 1.807) is 0 Å². The van der Waals surface area contributed by atoms with E-state index in [2.05, 4.69) is 14.2 Å². The standard InChI is InChI=1S/C4H10N2O4/c1-8-2-9-4(7)10-3(5)6/h3H,2,5-6H2,1H3. The van der Waals surface area contributed by atoms with Gasteiger partial charge in [-0.15, -0.1) is 0 Å². The molecule has 0 atom stereocenters. The van der Waals surface area contributed by atoms with Gasteiger partial charge >= 0.3 is 6.16 Å². The summed E-state index contributed by atoms with van der Waals surface area (Å²) in [6.07, 6.45) is -2.10. The first-order chi connectivity index (χ1) is 4.66. The minimum atomic E-state index is -1.15. The van der Waals surface area contributed by atoms with Crippen molar-refractivity contribution in [2.75, 3.05) is 13.9 Å². The summed E-state index contributed by atoms with van der Waals surface area (Å²) in [4.78, 5) is 10.3. The highest BCUT2D eigenvalue weighted by molar-refractivity contribution is 5.59. The van der Waals surface area contributed by atoms with Crippen LogP contribution in [0.5, 0.6) is 0 Å². The van der Waals surface area contributed by atoms with Crippen LogP contribution in [-0.4, -0.2) is 26.4 Å². The fourth-order valence-electron chi connectivity index (χ4n) is 0.252. The van der Waals surface area contributed by atoms with Crippen LogP contribution in [0.4, 0.5) is 4.79 Å². The van der Waals surface area contributed by atoms with E-state index in [0.717, 1.165) is 0 Å². The summed E-state index contributed by atoms with van der Waals surface area (Å²) in [6, 6.07) is 0. The molecule has 0 aromatic carbocycles. The maximum Gasteiger partial charge on any atom is 0.512 e. The molecule has 0 radical (unpaired) electrons. The number of rotatable bonds is 3. The number of carbonyl (C=O) groups excluding carboxylic acids is 1. The fraction of sp³-hybridized carbons (Fsp3) is 0.750. The Balaban J connectivity index is 3.26. The van der Waals surface area contributed by atoms with Crippen LogP contribution >= 0.6 is 0 Å². The van der Waals surface area contributed by atoms with Crippen molar-refractivity contribution >= 4 is 6.16 Å². The van der Waals surface area contributed by atoms with Gasteiger partial charge in [-0.25, -0.2) is 4.79 Å². The molecule has 0 saturated heterocycles. The SMILES string of the molecule is COCOC(=O)OC(N)N. The number of nitrogens with two attached hydrogens (primary N) is 2. The molecule has 0 rings (SSSR count). The Hall–Kier alpha value is -0.850. The van der Waals surface area contributed by atoms with Crippen molar-refractivity contribution < 1.29 is 19.0 Å². The molecule has 60 valence electrons. The average Bonchev–Trinajstić information content (AvgIpc) is 1.82. The molecule has 0 heterocycles. The zero-order chi connectivity index (χ0) is 7.98. The van der Waals surface area contributed by atoms with Gasteiger partial charge in [-0.1, -0.05) is 0 Å². The van der Waals surface area contributed by atoms with E-state index in [1.807, 2.05) is 0 Å². The predicted octanol–water partition coefficient (Wildman–Crippen LogP) is -1.06. The van der Waals surface area contributed by atoms with E-state index in [9.17, 15) is 4.79 Å². The van der Waals surface area contributed by atoms with Crippen molar-refractivity contribution in [3.05, 3.63) is 0 Å². The number of hydrogen-bond donors (Lipinski definition) is 2. The van der Waals surface area contributed by atoms with Gasteiger partial charge in [-0.3, -0.25) is 11.5 Å². The Kier molecular flexibility index (Phi) is 4.55. The summed E-state index contributed by atoms with van der Waals surface area (Å²) in [5, 5.41) is 0. The summed E-state index contributed by atoms with van der Waals surface area (Å²) >= 11 is 0. The highest BCUT2D eigenvalue weighted by Crippen LogP contribution is 1.84. The Morgan fingerprint density at radius 3 is 2.60 bits per heavy atom. The lowest BCUT2D eigenvalue weighted by Gasteiger charge is -2.06. The second-order valence-corrected chi connectivity index (χ2v) is 1.38. The van der Waals surface area contributed by atoms with Gasteiger partial charge in [-0.2, -0.15) is 0 Å². The molecule has 0 saturated carbocycles. The van der Waals surface area contributed by atoms with Gasteiger partial charge in [0.2, 0.25) is 6.35 Å². The molecule has 0 bridgehead atoms. The smallest absolute Gasteiger partial charge is 0.407 e. The van der Waals surface area contributed by atoms with Crippen molar-refractivity contribution in [2.45, 2.75) is 6.35 Å². The molecule has 0 aromatic heterocycles. The second kappa shape index (κ2) is 4.98. The summed E-state index contributed by atoms with van der Waals surface area (Å²) in [7, 11) is 1.37. The number of hydrogen-bond acceptors (Lipinski definition) is 6. The molecule has 0 aliphatic rings. The molecule has 0 fully saturated rings. The molecule has 4 N–H and O–H groups in total. The first kappa shape index (κ1) is 9.15. The van der Waals surface area contributed by atoms with E-state index in [0.29, 0.717) is 0 Å². The maximum atomic E-state index is 10.3. The van der Waals surface area contributed by atoms with Crippen molar-refractivity contribution in [2.24, 2.45) is 11.5 Å². The summed E-state index contributed by atoms with van der Waals surface area (Å²) in [5.74, 6) is 0. The summed E-state index contributed by atoms with van der Waals surface area (Å²) in [5.41, 5.74) is 9.76. The monoisotopic (exact) mass is 150 g/mol. The highest BCUT2D eigenvalue weighted by Gasteiger charge is 2.04. The van der Waals surface area contributed by atoms with Gasteiger partial charge in [0.05, 0.1) is 0 Å². The Morgan fingerprint density at radius 1 is 1.60 bits per heavy atom. The second-order valence-electron chi connectivity index (χ2n) is 1.38. The maximum absolute atomic E-state index is 10.3. The van der Waals surface area contributed by atoms with Gasteiger partial charge < -0.3 is 14.2 Å². The Morgan fingerprint density at radius 2 is 2.20 bits per heavy atom. The van der Waals surface area contributed by atoms with Crippen LogP contribution in [0, 0.1) is 0 Å². The molecule has 0 unspecified atom stereocenters. The number of carbonyl (C=O) groups is 1. The molecular formula is C4H10N2O4. The molecule has 0 spiro atoms. The third-order valence-corrected chi connectivity index (χ3v) is 0.527. The lowest BCUT2D eigenvalue weighted by molar-refractivity contribution is -0.0381. The zero-order valence-corrected chi connectivity index (χ0v) is 5.57. The minimum Gasteiger partial charge on any atom is -0.407 e. The van der Waals surface area contributed by atoms with E-state index in [-0.39, 0.29) is 6.79 Å². The van der Waals surface area contributed by atoms with Gasteiger partial charge in [0.25, 0.3) is 0 Å². The van der Waals surface area contributed by atoms with Crippen LogP contribution in [0.15, 0.2) is 0 Å². The van der Waals surface area contributed by atoms with Crippen LogP contribution in [0.2, 0.25) is 0 Å². The van der Waals surface area contributed by atoms with Crippen LogP contribution in [-0.2, 0) is 14.2 Å². The molecule has 6 heteroatoms. The van der Waals surface area contributed by atoms with Gasteiger partial charge in [0.1, 0.15) is 0 Å². The first-order valence-electron chi connectivity index (χ1n) is 2.50. The molecule has 0 amide bonds. The van der Waals surface area contributed by atoms with E-state index in [4.69, 9.17) is 11.5 Å². The van der Waals surface area contributed by atoms with Crippen LogP contribution in [0.3, 0.4) is 0 Å².